The molecule has 11 heteroatoms. The molecular weight excluding hydrogens is 310 g/mol. The van der Waals surface area contributed by atoms with E-state index in [0.29, 0.717) is 12.8 Å². The number of aromatic amines is 4. The van der Waals surface area contributed by atoms with Gasteiger partial charge < -0.3 is 10.2 Å². The first-order chi connectivity index (χ1) is 10.9. The van der Waals surface area contributed by atoms with Crippen molar-refractivity contribution in [3.8, 4) is 11.8 Å². The molecule has 0 aliphatic carbocycles. The average Bonchev–Trinajstić information content (AvgIpc) is 2.42. The monoisotopic (exact) mass is 323 g/mol. The first-order valence-corrected chi connectivity index (χ1v) is 6.51. The molecule has 0 atom stereocenters. The molecular formula is C12H13N5O6. The summed E-state index contributed by atoms with van der Waals surface area (Å²) >= 11 is 0. The number of H-pyrrole nitrogens is 4. The van der Waals surface area contributed by atoms with Gasteiger partial charge in [0.2, 0.25) is 11.8 Å². The zero-order valence-corrected chi connectivity index (χ0v) is 11.7. The van der Waals surface area contributed by atoms with Crippen LogP contribution in [0.25, 0.3) is 0 Å². The number of hydrogen-bond acceptors (Lipinski definition) is 7. The maximum Gasteiger partial charge on any atom is 0.328 e. The highest BCUT2D eigenvalue weighted by atomic mass is 16.3. The van der Waals surface area contributed by atoms with E-state index in [1.807, 2.05) is 15.0 Å². The van der Waals surface area contributed by atoms with E-state index in [9.17, 15) is 29.4 Å². The Balaban J connectivity index is 2.02. The predicted octanol–water partition coefficient (Wildman–Crippen LogP) is -1.42. The minimum atomic E-state index is -0.848. The van der Waals surface area contributed by atoms with Crippen LogP contribution in [-0.2, 0) is 6.42 Å². The highest BCUT2D eigenvalue weighted by Gasteiger charge is 2.08. The van der Waals surface area contributed by atoms with Gasteiger partial charge >= 0.3 is 11.4 Å². The van der Waals surface area contributed by atoms with Gasteiger partial charge in [0.15, 0.2) is 5.69 Å². The standard InChI is InChI=1S/C12H13N5O6/c18-7-5(8(19)15-11(22)14-7)3-1-2-4-13-6-9(20)16-12(23)17-10(6)21/h4H,1-3H2,(H3,14,15,18,19,22)(H3,16,17,20,21,23). The molecule has 0 fully saturated rings. The van der Waals surface area contributed by atoms with E-state index in [4.69, 9.17) is 0 Å². The summed E-state index contributed by atoms with van der Waals surface area (Å²) in [4.78, 5) is 56.4. The lowest BCUT2D eigenvalue weighted by Crippen LogP contribution is -2.25. The molecule has 0 saturated carbocycles. The minimum absolute atomic E-state index is 0.0303. The van der Waals surface area contributed by atoms with Crippen LogP contribution in [0, 0.1) is 0 Å². The number of aliphatic imine (C=N–C) groups is 1. The fraction of sp³-hybridized carbons (Fsp3) is 0.250. The summed E-state index contributed by atoms with van der Waals surface area (Å²) in [5, 5.41) is 18.9. The van der Waals surface area contributed by atoms with Crippen molar-refractivity contribution in [1.82, 2.24) is 19.9 Å². The molecule has 2 heterocycles. The molecule has 23 heavy (non-hydrogen) atoms. The van der Waals surface area contributed by atoms with Gasteiger partial charge in [-0.3, -0.25) is 34.5 Å². The van der Waals surface area contributed by atoms with Gasteiger partial charge in [-0.25, -0.2) is 9.59 Å². The van der Waals surface area contributed by atoms with Crippen LogP contribution in [0.1, 0.15) is 18.4 Å². The molecule has 0 amide bonds. The van der Waals surface area contributed by atoms with Crippen molar-refractivity contribution in [2.24, 2.45) is 4.99 Å². The maximum atomic E-state index is 11.5. The van der Waals surface area contributed by atoms with Crippen LogP contribution in [-0.4, -0.2) is 36.4 Å². The number of nitrogens with one attached hydrogen (secondary N) is 4. The Labute approximate surface area is 126 Å². The third-order valence-corrected chi connectivity index (χ3v) is 2.90. The smallest absolute Gasteiger partial charge is 0.328 e. The van der Waals surface area contributed by atoms with Crippen molar-refractivity contribution in [1.29, 1.82) is 0 Å². The largest absolute Gasteiger partial charge is 0.494 e. The summed E-state index contributed by atoms with van der Waals surface area (Å²) in [5.74, 6) is -1.14. The van der Waals surface area contributed by atoms with E-state index in [2.05, 4.69) is 9.98 Å². The van der Waals surface area contributed by atoms with Crippen LogP contribution < -0.4 is 22.5 Å². The van der Waals surface area contributed by atoms with Crippen molar-refractivity contribution in [2.75, 3.05) is 0 Å². The fourth-order valence-corrected chi connectivity index (χ4v) is 1.85. The van der Waals surface area contributed by atoms with E-state index in [0.717, 1.165) is 0 Å². The summed E-state index contributed by atoms with van der Waals surface area (Å²) < 4.78 is 0. The van der Waals surface area contributed by atoms with Crippen LogP contribution in [0.2, 0.25) is 0 Å². The summed E-state index contributed by atoms with van der Waals surface area (Å²) in [5.41, 5.74) is -3.47. The quantitative estimate of drug-likeness (QED) is 0.289. The van der Waals surface area contributed by atoms with E-state index >= 15 is 0 Å². The Morgan fingerprint density at radius 2 is 1.48 bits per heavy atom. The Morgan fingerprint density at radius 1 is 0.870 bits per heavy atom. The van der Waals surface area contributed by atoms with Crippen LogP contribution in [0.15, 0.2) is 24.2 Å². The van der Waals surface area contributed by atoms with Gasteiger partial charge in [-0.2, -0.15) is 0 Å². The number of rotatable bonds is 5. The molecule has 0 aliphatic heterocycles. The lowest BCUT2D eigenvalue weighted by Gasteiger charge is -2.00. The number of hydrogen-bond donors (Lipinski definition) is 6. The normalized spacial score (nSPS) is 11.1. The molecule has 2 aromatic rings. The van der Waals surface area contributed by atoms with Crippen molar-refractivity contribution >= 4 is 11.9 Å². The van der Waals surface area contributed by atoms with Gasteiger partial charge in [-0.05, 0) is 19.3 Å². The molecule has 6 N–H and O–H groups in total. The second kappa shape index (κ2) is 6.60. The average molecular weight is 323 g/mol. The van der Waals surface area contributed by atoms with Crippen molar-refractivity contribution in [3.05, 3.63) is 47.2 Å². The lowest BCUT2D eigenvalue weighted by atomic mass is 10.1. The highest BCUT2D eigenvalue weighted by Crippen LogP contribution is 2.15. The molecule has 0 bridgehead atoms. The van der Waals surface area contributed by atoms with E-state index < -0.39 is 34.3 Å². The number of unbranched alkanes of at least 4 members (excludes halogenated alkanes) is 1. The highest BCUT2D eigenvalue weighted by molar-refractivity contribution is 5.64. The number of aromatic nitrogens is 4. The summed E-state index contributed by atoms with van der Waals surface area (Å²) in [7, 11) is 0. The van der Waals surface area contributed by atoms with E-state index in [1.165, 1.54) is 6.21 Å². The second-order valence-electron chi connectivity index (χ2n) is 4.54. The van der Waals surface area contributed by atoms with Crippen molar-refractivity contribution in [3.63, 3.8) is 0 Å². The minimum Gasteiger partial charge on any atom is -0.494 e. The van der Waals surface area contributed by atoms with Gasteiger partial charge in [0.25, 0.3) is 11.1 Å². The Kier molecular flexibility index (Phi) is 4.59. The van der Waals surface area contributed by atoms with Gasteiger partial charge in [-0.15, -0.1) is 0 Å². The zero-order chi connectivity index (χ0) is 17.0. The summed E-state index contributed by atoms with van der Waals surface area (Å²) in [6.45, 7) is 0. The first kappa shape index (κ1) is 16.0. The molecule has 2 aromatic heterocycles. The lowest BCUT2D eigenvalue weighted by molar-refractivity contribution is 0.439. The zero-order valence-electron chi connectivity index (χ0n) is 11.7. The molecule has 0 unspecified atom stereocenters. The molecule has 0 aliphatic rings. The molecule has 0 saturated heterocycles. The van der Waals surface area contributed by atoms with Crippen LogP contribution in [0.4, 0.5) is 5.69 Å². The van der Waals surface area contributed by atoms with E-state index in [-0.39, 0.29) is 17.7 Å². The topological polar surface area (TPSA) is 184 Å². The third-order valence-electron chi connectivity index (χ3n) is 2.90. The van der Waals surface area contributed by atoms with E-state index in [1.54, 1.807) is 0 Å². The number of aromatic hydroxyl groups is 2. The van der Waals surface area contributed by atoms with Crippen LogP contribution in [0.3, 0.4) is 0 Å². The van der Waals surface area contributed by atoms with Crippen molar-refractivity contribution < 1.29 is 10.2 Å². The molecule has 2 rings (SSSR count). The van der Waals surface area contributed by atoms with Gasteiger partial charge in [0, 0.05) is 6.21 Å². The molecule has 0 spiro atoms. The predicted molar refractivity (Wildman–Crippen MR) is 79.8 cm³/mol. The first-order valence-electron chi connectivity index (χ1n) is 6.51. The second-order valence-corrected chi connectivity index (χ2v) is 4.54. The molecule has 0 radical (unpaired) electrons. The van der Waals surface area contributed by atoms with Gasteiger partial charge in [0.1, 0.15) is 0 Å². The Hall–Kier alpha value is -3.37. The SMILES string of the molecule is O=c1[nH]c(O)c(CCCC=Nc2c(O)[nH]c(=O)[nH]c2=O)c(=O)[nH]1. The Bertz CT molecular complexity index is 963. The molecule has 11 nitrogen and oxygen atoms in total. The summed E-state index contributed by atoms with van der Waals surface area (Å²) in [6, 6.07) is 0. The van der Waals surface area contributed by atoms with Crippen molar-refractivity contribution in [2.45, 2.75) is 19.3 Å². The Morgan fingerprint density at radius 3 is 2.09 bits per heavy atom. The molecule has 0 aromatic carbocycles. The molecule has 122 valence electrons. The van der Waals surface area contributed by atoms with Crippen LogP contribution >= 0.6 is 0 Å². The maximum absolute atomic E-state index is 11.5. The summed E-state index contributed by atoms with van der Waals surface area (Å²) in [6.07, 6.45) is 2.18. The fourth-order valence-electron chi connectivity index (χ4n) is 1.85. The van der Waals surface area contributed by atoms with Crippen LogP contribution in [0.5, 0.6) is 11.8 Å². The number of nitrogens with zero attached hydrogens (tertiary/aromatic N) is 1. The van der Waals surface area contributed by atoms with Gasteiger partial charge in [-0.1, -0.05) is 0 Å². The van der Waals surface area contributed by atoms with Gasteiger partial charge in [0.05, 0.1) is 5.56 Å². The third kappa shape index (κ3) is 3.84.